The molecule has 0 saturated heterocycles. The second-order valence-corrected chi connectivity index (χ2v) is 5.77. The first-order valence-electron chi connectivity index (χ1n) is 6.74. The zero-order valence-electron chi connectivity index (χ0n) is 11.6. The molecule has 1 saturated carbocycles. The van der Waals surface area contributed by atoms with Gasteiger partial charge in [-0.15, -0.1) is 0 Å². The van der Waals surface area contributed by atoms with Crippen LogP contribution < -0.4 is 11.0 Å². The van der Waals surface area contributed by atoms with Gasteiger partial charge < -0.3 is 0 Å². The van der Waals surface area contributed by atoms with E-state index in [1.807, 2.05) is 30.7 Å². The maximum Gasteiger partial charge on any atom is 0.293 e. The van der Waals surface area contributed by atoms with Crippen LogP contribution in [0.25, 0.3) is 0 Å². The van der Waals surface area contributed by atoms with E-state index in [0.29, 0.717) is 23.2 Å². The second-order valence-electron chi connectivity index (χ2n) is 5.36. The fraction of sp³-hybridized carbons (Fsp3) is 0.429. The third-order valence-electron chi connectivity index (χ3n) is 3.62. The summed E-state index contributed by atoms with van der Waals surface area (Å²) in [6.07, 6.45) is 3.88. The van der Waals surface area contributed by atoms with Crippen LogP contribution in [0.15, 0.2) is 23.1 Å². The van der Waals surface area contributed by atoms with Gasteiger partial charge in [0.15, 0.2) is 0 Å². The Bertz CT molecular complexity index is 680. The first kappa shape index (κ1) is 13.2. The van der Waals surface area contributed by atoms with Gasteiger partial charge in [-0.2, -0.15) is 5.10 Å². The molecule has 0 amide bonds. The molecule has 1 fully saturated rings. The number of anilines is 1. The average molecular weight is 293 g/mol. The highest BCUT2D eigenvalue weighted by atomic mass is 35.5. The molecule has 1 N–H and O–H groups in total. The Kier molecular flexibility index (Phi) is 3.30. The lowest BCUT2D eigenvalue weighted by molar-refractivity contribution is 0.534. The van der Waals surface area contributed by atoms with Crippen LogP contribution in [-0.4, -0.2) is 14.5 Å². The zero-order valence-corrected chi connectivity index (χ0v) is 12.3. The molecule has 6 heteroatoms. The van der Waals surface area contributed by atoms with Crippen molar-refractivity contribution in [1.82, 2.24) is 14.5 Å². The molecule has 0 radical (unpaired) electrons. The number of nitrogens with one attached hydrogen (secondary N) is 1. The first-order valence-corrected chi connectivity index (χ1v) is 7.11. The Hall–Kier alpha value is -1.75. The number of hydrogen-bond acceptors (Lipinski definition) is 3. The fourth-order valence-electron chi connectivity index (χ4n) is 2.20. The Labute approximate surface area is 122 Å². The van der Waals surface area contributed by atoms with Crippen molar-refractivity contribution in [3.63, 3.8) is 0 Å². The van der Waals surface area contributed by atoms with Gasteiger partial charge in [-0.25, -0.2) is 4.68 Å². The molecule has 0 bridgehead atoms. The quantitative estimate of drug-likeness (QED) is 0.942. The Morgan fingerprint density at radius 2 is 2.00 bits per heavy atom. The number of rotatable bonds is 4. The molecule has 2 aromatic rings. The van der Waals surface area contributed by atoms with Crippen LogP contribution in [-0.2, 0) is 6.54 Å². The topological polar surface area (TPSA) is 51.9 Å². The summed E-state index contributed by atoms with van der Waals surface area (Å²) in [6.45, 7) is 4.62. The lowest BCUT2D eigenvalue weighted by atomic mass is 10.4. The van der Waals surface area contributed by atoms with Crippen LogP contribution in [0, 0.1) is 19.8 Å². The van der Waals surface area contributed by atoms with E-state index in [0.717, 1.165) is 11.4 Å². The minimum absolute atomic E-state index is 0.170. The number of aryl methyl sites for hydroxylation is 2. The van der Waals surface area contributed by atoms with Gasteiger partial charge in [0.1, 0.15) is 5.69 Å². The van der Waals surface area contributed by atoms with Gasteiger partial charge in [0.25, 0.3) is 5.56 Å². The lowest BCUT2D eigenvalue weighted by Gasteiger charge is -2.14. The molecule has 20 heavy (non-hydrogen) atoms. The summed E-state index contributed by atoms with van der Waals surface area (Å²) in [5.74, 6) is 0.587. The average Bonchev–Trinajstić information content (AvgIpc) is 3.18. The van der Waals surface area contributed by atoms with E-state index in [1.165, 1.54) is 23.7 Å². The van der Waals surface area contributed by atoms with Crippen molar-refractivity contribution < 1.29 is 0 Å². The van der Waals surface area contributed by atoms with Gasteiger partial charge in [0.05, 0.1) is 11.2 Å². The number of aromatic nitrogens is 3. The summed E-state index contributed by atoms with van der Waals surface area (Å²) >= 11 is 6.12. The Balaban J connectivity index is 1.97. The van der Waals surface area contributed by atoms with E-state index in [-0.39, 0.29) is 5.56 Å². The second kappa shape index (κ2) is 4.98. The predicted molar refractivity (Wildman–Crippen MR) is 79.2 cm³/mol. The molecule has 0 aliphatic heterocycles. The third-order valence-corrected chi connectivity index (χ3v) is 3.91. The summed E-state index contributed by atoms with van der Waals surface area (Å²) in [6, 6.07) is 3.97. The molecule has 0 unspecified atom stereocenters. The number of hydrogen-bond donors (Lipinski definition) is 1. The normalized spacial score (nSPS) is 14.6. The van der Waals surface area contributed by atoms with Crippen molar-refractivity contribution >= 4 is 17.3 Å². The van der Waals surface area contributed by atoms with E-state index in [2.05, 4.69) is 10.5 Å². The fourth-order valence-corrected chi connectivity index (χ4v) is 2.37. The van der Waals surface area contributed by atoms with Crippen LogP contribution >= 0.6 is 11.6 Å². The van der Waals surface area contributed by atoms with Gasteiger partial charge in [-0.3, -0.25) is 14.9 Å². The third kappa shape index (κ3) is 2.45. The zero-order chi connectivity index (χ0) is 14.3. The van der Waals surface area contributed by atoms with Crippen LogP contribution in [0.1, 0.15) is 24.2 Å². The molecule has 0 atom stereocenters. The molecule has 1 aliphatic rings. The van der Waals surface area contributed by atoms with Gasteiger partial charge in [0, 0.05) is 17.9 Å². The Morgan fingerprint density at radius 1 is 1.35 bits per heavy atom. The van der Waals surface area contributed by atoms with Gasteiger partial charge in [-0.1, -0.05) is 11.6 Å². The highest BCUT2D eigenvalue weighted by molar-refractivity contribution is 6.32. The maximum atomic E-state index is 12.4. The molecular formula is C14H17ClN4O. The van der Waals surface area contributed by atoms with Crippen LogP contribution in [0.5, 0.6) is 0 Å². The largest absolute Gasteiger partial charge is 0.293 e. The minimum atomic E-state index is -0.170. The smallest absolute Gasteiger partial charge is 0.288 e. The van der Waals surface area contributed by atoms with Gasteiger partial charge >= 0.3 is 0 Å². The number of nitrogens with zero attached hydrogens (tertiary/aromatic N) is 3. The van der Waals surface area contributed by atoms with E-state index >= 15 is 0 Å². The van der Waals surface area contributed by atoms with Gasteiger partial charge in [0.2, 0.25) is 0 Å². The van der Waals surface area contributed by atoms with Crippen molar-refractivity contribution in [2.45, 2.75) is 33.2 Å². The van der Waals surface area contributed by atoms with Crippen molar-refractivity contribution in [2.24, 2.45) is 5.92 Å². The van der Waals surface area contributed by atoms with Crippen molar-refractivity contribution in [2.75, 3.05) is 5.43 Å². The molecule has 0 spiro atoms. The monoisotopic (exact) mass is 292 g/mol. The summed E-state index contributed by atoms with van der Waals surface area (Å²) in [5.41, 5.74) is 5.35. The SMILES string of the molecule is Cc1ccc(C)n1Nc1c(Cl)cnn(CC2CC2)c1=O. The summed E-state index contributed by atoms with van der Waals surface area (Å²) in [7, 11) is 0. The van der Waals surface area contributed by atoms with Crippen molar-refractivity contribution in [1.29, 1.82) is 0 Å². The molecule has 0 aromatic carbocycles. The molecule has 3 rings (SSSR count). The van der Waals surface area contributed by atoms with E-state index < -0.39 is 0 Å². The molecule has 2 aromatic heterocycles. The standard InChI is InChI=1S/C14H17ClN4O/c1-9-3-4-10(2)19(9)17-13-12(15)7-16-18(14(13)20)8-11-5-6-11/h3-4,7,11,17H,5-6,8H2,1-2H3. The van der Waals surface area contributed by atoms with E-state index in [4.69, 9.17) is 11.6 Å². The van der Waals surface area contributed by atoms with Crippen molar-refractivity contribution in [3.05, 3.63) is 45.1 Å². The Morgan fingerprint density at radius 3 is 2.60 bits per heavy atom. The molecule has 106 valence electrons. The van der Waals surface area contributed by atoms with Crippen LogP contribution in [0.3, 0.4) is 0 Å². The first-order chi connectivity index (χ1) is 9.56. The highest BCUT2D eigenvalue weighted by Gasteiger charge is 2.23. The lowest BCUT2D eigenvalue weighted by Crippen LogP contribution is -2.28. The molecule has 5 nitrogen and oxygen atoms in total. The van der Waals surface area contributed by atoms with Crippen LogP contribution in [0.2, 0.25) is 5.02 Å². The molecule has 1 aliphatic carbocycles. The molecule has 2 heterocycles. The van der Waals surface area contributed by atoms with Gasteiger partial charge in [-0.05, 0) is 44.7 Å². The minimum Gasteiger partial charge on any atom is -0.288 e. The van der Waals surface area contributed by atoms with Crippen LogP contribution in [0.4, 0.5) is 5.69 Å². The summed E-state index contributed by atoms with van der Waals surface area (Å²) in [4.78, 5) is 12.4. The van der Waals surface area contributed by atoms with E-state index in [9.17, 15) is 4.79 Å². The van der Waals surface area contributed by atoms with E-state index in [1.54, 1.807) is 0 Å². The highest BCUT2D eigenvalue weighted by Crippen LogP contribution is 2.30. The molecular weight excluding hydrogens is 276 g/mol. The van der Waals surface area contributed by atoms with Crippen molar-refractivity contribution in [3.8, 4) is 0 Å². The number of halogens is 1. The summed E-state index contributed by atoms with van der Waals surface area (Å²) < 4.78 is 3.35. The predicted octanol–water partition coefficient (Wildman–Crippen LogP) is 2.60. The summed E-state index contributed by atoms with van der Waals surface area (Å²) in [5, 5.41) is 4.46. The maximum absolute atomic E-state index is 12.4.